The second-order valence-corrected chi connectivity index (χ2v) is 12.3. The summed E-state index contributed by atoms with van der Waals surface area (Å²) in [5, 5.41) is 12.0. The van der Waals surface area contributed by atoms with Gasteiger partial charge in [-0.15, -0.1) is 0 Å². The Morgan fingerprint density at radius 3 is 2.59 bits per heavy atom. The number of methoxy groups -OCH3 is 1. The number of aryl methyl sites for hydroxylation is 1. The summed E-state index contributed by atoms with van der Waals surface area (Å²) in [6.45, 7) is 9.38. The normalized spacial score (nSPS) is 16.2. The Bertz CT molecular complexity index is 1710. The van der Waals surface area contributed by atoms with Gasteiger partial charge in [0.15, 0.2) is 16.6 Å². The van der Waals surface area contributed by atoms with E-state index in [1.165, 1.54) is 16.2 Å². The molecule has 1 fully saturated rings. The Kier molecular flexibility index (Phi) is 9.54. The molecule has 3 aromatic carbocycles. The first-order valence-corrected chi connectivity index (χ1v) is 15.8. The van der Waals surface area contributed by atoms with Gasteiger partial charge in [0.1, 0.15) is 11.5 Å². The maximum atomic E-state index is 13.8. The molecule has 0 spiro atoms. The highest BCUT2D eigenvalue weighted by atomic mass is 32.1. The molecule has 0 radical (unpaired) electrons. The predicted molar refractivity (Wildman–Crippen MR) is 174 cm³/mol. The van der Waals surface area contributed by atoms with Crippen molar-refractivity contribution in [3.63, 3.8) is 0 Å². The smallest absolute Gasteiger partial charge is 0.301 e. The van der Waals surface area contributed by atoms with Crippen molar-refractivity contribution in [3.8, 4) is 17.2 Å². The molecule has 44 heavy (non-hydrogen) atoms. The number of aromatic nitrogens is 1. The largest absolute Gasteiger partial charge is 0.507 e. The Morgan fingerprint density at radius 1 is 1.02 bits per heavy atom. The molecule has 0 bridgehead atoms. The summed E-state index contributed by atoms with van der Waals surface area (Å²) >= 11 is 1.32. The van der Waals surface area contributed by atoms with Crippen LogP contribution in [0.4, 0.5) is 5.13 Å². The molecule has 0 aliphatic carbocycles. The van der Waals surface area contributed by atoms with E-state index in [1.54, 1.807) is 49.6 Å². The number of aliphatic hydroxyl groups is 1. The molecule has 0 saturated carbocycles. The van der Waals surface area contributed by atoms with Crippen molar-refractivity contribution < 1.29 is 28.9 Å². The summed E-state index contributed by atoms with van der Waals surface area (Å²) in [6.07, 6.45) is 2.75. The van der Waals surface area contributed by atoms with Crippen LogP contribution in [0.25, 0.3) is 16.0 Å². The summed E-state index contributed by atoms with van der Waals surface area (Å²) in [7, 11) is 1.55. The van der Waals surface area contributed by atoms with E-state index in [1.807, 2.05) is 25.1 Å². The van der Waals surface area contributed by atoms with Gasteiger partial charge in [-0.1, -0.05) is 62.8 Å². The standard InChI is InChI=1S/C35H38N2O6S/c1-6-7-16-42-25-10-8-9-24(19-25)32(38)30-31(23-12-14-27(28(20-23)41-5)43-17-15-21(2)3)37(34(40)33(30)39)35-36-26-13-11-22(4)18-29(26)44-35/h8-14,18-21,31,38H,6-7,15-17H2,1-5H3. The number of benzene rings is 3. The molecule has 1 saturated heterocycles. The van der Waals surface area contributed by atoms with E-state index in [9.17, 15) is 14.7 Å². The molecule has 1 unspecified atom stereocenters. The Morgan fingerprint density at radius 2 is 1.84 bits per heavy atom. The van der Waals surface area contributed by atoms with E-state index in [2.05, 4.69) is 20.8 Å². The van der Waals surface area contributed by atoms with Gasteiger partial charge in [0.2, 0.25) is 0 Å². The summed E-state index contributed by atoms with van der Waals surface area (Å²) < 4.78 is 18.4. The SMILES string of the molecule is CCCCOc1cccc(C(O)=C2C(=O)C(=O)N(c3nc4ccc(C)cc4s3)C2c2ccc(OCCC(C)C)c(OC)c2)c1. The van der Waals surface area contributed by atoms with Crippen molar-refractivity contribution in [1.82, 2.24) is 4.98 Å². The molecule has 5 rings (SSSR count). The van der Waals surface area contributed by atoms with Crippen LogP contribution in [-0.2, 0) is 9.59 Å². The number of fused-ring (bicyclic) bond motifs is 1. The van der Waals surface area contributed by atoms with E-state index < -0.39 is 17.7 Å². The fraction of sp³-hybridized carbons (Fsp3) is 0.343. The van der Waals surface area contributed by atoms with Crippen molar-refractivity contribution >= 4 is 44.1 Å². The van der Waals surface area contributed by atoms with Gasteiger partial charge in [-0.25, -0.2) is 4.98 Å². The average molecular weight is 615 g/mol. The van der Waals surface area contributed by atoms with Crippen LogP contribution < -0.4 is 19.1 Å². The minimum atomic E-state index is -0.958. The third kappa shape index (κ3) is 6.43. The lowest BCUT2D eigenvalue weighted by Crippen LogP contribution is -2.29. The van der Waals surface area contributed by atoms with Gasteiger partial charge in [-0.2, -0.15) is 0 Å². The molecule has 230 valence electrons. The lowest BCUT2D eigenvalue weighted by atomic mass is 9.95. The lowest BCUT2D eigenvalue weighted by molar-refractivity contribution is -0.132. The fourth-order valence-corrected chi connectivity index (χ4v) is 6.16. The molecule has 1 amide bonds. The maximum Gasteiger partial charge on any atom is 0.301 e. The number of ether oxygens (including phenoxy) is 3. The van der Waals surface area contributed by atoms with Crippen LogP contribution in [0.3, 0.4) is 0 Å². The Labute approximate surface area is 261 Å². The van der Waals surface area contributed by atoms with E-state index >= 15 is 0 Å². The number of anilines is 1. The number of rotatable bonds is 12. The number of carbonyl (C=O) groups is 2. The number of nitrogens with zero attached hydrogens (tertiary/aromatic N) is 2. The second kappa shape index (κ2) is 13.5. The highest BCUT2D eigenvalue weighted by Crippen LogP contribution is 2.46. The highest BCUT2D eigenvalue weighted by molar-refractivity contribution is 7.22. The second-order valence-electron chi connectivity index (χ2n) is 11.3. The molecule has 1 atom stereocenters. The number of carbonyl (C=O) groups excluding carboxylic acids is 2. The molecule has 2 heterocycles. The van der Waals surface area contributed by atoms with E-state index in [-0.39, 0.29) is 11.3 Å². The number of ketones is 1. The number of hydrogen-bond acceptors (Lipinski definition) is 8. The molecule has 1 N–H and O–H groups in total. The summed E-state index contributed by atoms with van der Waals surface area (Å²) in [6, 6.07) is 17.1. The average Bonchev–Trinajstić information content (AvgIpc) is 3.54. The van der Waals surface area contributed by atoms with E-state index in [0.29, 0.717) is 52.6 Å². The molecule has 4 aromatic rings. The molecule has 1 aliphatic rings. The summed E-state index contributed by atoms with van der Waals surface area (Å²) in [4.78, 5) is 33.6. The molecule has 1 aliphatic heterocycles. The zero-order valence-corrected chi connectivity index (χ0v) is 26.6. The first-order valence-electron chi connectivity index (χ1n) is 14.9. The first kappa shape index (κ1) is 31.1. The number of hydrogen-bond donors (Lipinski definition) is 1. The zero-order chi connectivity index (χ0) is 31.4. The monoisotopic (exact) mass is 614 g/mol. The Hall–Kier alpha value is -4.37. The van der Waals surface area contributed by atoms with Gasteiger partial charge < -0.3 is 19.3 Å². The number of unbranched alkanes of at least 4 members (excludes halogenated alkanes) is 1. The van der Waals surface area contributed by atoms with Gasteiger partial charge in [0.05, 0.1) is 42.2 Å². The number of amides is 1. The van der Waals surface area contributed by atoms with Crippen LogP contribution in [0.15, 0.2) is 66.2 Å². The Balaban J connectivity index is 1.63. The van der Waals surface area contributed by atoms with E-state index in [4.69, 9.17) is 19.2 Å². The van der Waals surface area contributed by atoms with Gasteiger partial charge in [0, 0.05) is 5.56 Å². The minimum absolute atomic E-state index is 0.0355. The van der Waals surface area contributed by atoms with Crippen LogP contribution in [0.5, 0.6) is 17.2 Å². The van der Waals surface area contributed by atoms with E-state index in [0.717, 1.165) is 35.0 Å². The maximum absolute atomic E-state index is 13.8. The fourth-order valence-electron chi connectivity index (χ4n) is 5.07. The zero-order valence-electron chi connectivity index (χ0n) is 25.8. The van der Waals surface area contributed by atoms with Crippen molar-refractivity contribution in [3.05, 3.63) is 82.9 Å². The van der Waals surface area contributed by atoms with Gasteiger partial charge in [-0.3, -0.25) is 14.5 Å². The third-order valence-corrected chi connectivity index (χ3v) is 8.53. The van der Waals surface area contributed by atoms with Crippen molar-refractivity contribution in [2.45, 2.75) is 53.0 Å². The number of thiazole rings is 1. The predicted octanol–water partition coefficient (Wildman–Crippen LogP) is 7.84. The number of Topliss-reactive ketones (excluding diaryl/α,β-unsaturated/α-hetero) is 1. The quantitative estimate of drug-likeness (QED) is 0.0751. The van der Waals surface area contributed by atoms with Crippen LogP contribution >= 0.6 is 11.3 Å². The van der Waals surface area contributed by atoms with Crippen LogP contribution in [0.1, 0.15) is 62.8 Å². The first-order chi connectivity index (χ1) is 21.2. The van der Waals surface area contributed by atoms with Gasteiger partial charge in [0.25, 0.3) is 5.78 Å². The summed E-state index contributed by atoms with van der Waals surface area (Å²) in [5.41, 5.74) is 2.70. The lowest BCUT2D eigenvalue weighted by Gasteiger charge is -2.24. The topological polar surface area (TPSA) is 98.2 Å². The molecule has 8 nitrogen and oxygen atoms in total. The van der Waals surface area contributed by atoms with Crippen LogP contribution in [0.2, 0.25) is 0 Å². The number of aliphatic hydroxyl groups excluding tert-OH is 1. The molecular weight excluding hydrogens is 576 g/mol. The van der Waals surface area contributed by atoms with Crippen LogP contribution in [0, 0.1) is 12.8 Å². The van der Waals surface area contributed by atoms with Crippen LogP contribution in [-0.4, -0.2) is 42.1 Å². The minimum Gasteiger partial charge on any atom is -0.507 e. The van der Waals surface area contributed by atoms with Gasteiger partial charge >= 0.3 is 5.91 Å². The van der Waals surface area contributed by atoms with Crippen molar-refractivity contribution in [1.29, 1.82) is 0 Å². The molecular formula is C35H38N2O6S. The highest BCUT2D eigenvalue weighted by Gasteiger charge is 2.48. The third-order valence-electron chi connectivity index (χ3n) is 7.51. The van der Waals surface area contributed by atoms with Gasteiger partial charge in [-0.05, 0) is 73.2 Å². The van der Waals surface area contributed by atoms with Crippen molar-refractivity contribution in [2.24, 2.45) is 5.92 Å². The summed E-state index contributed by atoms with van der Waals surface area (Å²) in [5.74, 6) is 0.220. The molecule has 1 aromatic heterocycles. The van der Waals surface area contributed by atoms with Crippen molar-refractivity contribution in [2.75, 3.05) is 25.2 Å². The molecule has 9 heteroatoms.